The molecule has 0 aromatic heterocycles. The molecule has 1 saturated heterocycles. The highest BCUT2D eigenvalue weighted by atomic mass is 16.5. The predicted molar refractivity (Wildman–Crippen MR) is 66.7 cm³/mol. The molecule has 1 unspecified atom stereocenters. The van der Waals surface area contributed by atoms with Gasteiger partial charge in [0.05, 0.1) is 25.4 Å². The molecule has 0 bridgehead atoms. The molecule has 1 fully saturated rings. The monoisotopic (exact) mass is 254 g/mol. The number of hydrogen-bond acceptors (Lipinski definition) is 4. The molecule has 0 saturated carbocycles. The number of piperidine rings is 1. The Hall–Kier alpha value is -1.12. The number of aliphatic hydroxyl groups is 1. The van der Waals surface area contributed by atoms with Gasteiger partial charge in [0.1, 0.15) is 5.41 Å². The molecule has 0 aromatic rings. The first-order valence-electron chi connectivity index (χ1n) is 6.50. The Morgan fingerprint density at radius 2 is 2.17 bits per heavy atom. The molecule has 5 heteroatoms. The van der Waals surface area contributed by atoms with Gasteiger partial charge in [-0.3, -0.25) is 4.79 Å². The summed E-state index contributed by atoms with van der Waals surface area (Å²) >= 11 is 0. The minimum atomic E-state index is -0.904. The van der Waals surface area contributed by atoms with Crippen LogP contribution in [0.2, 0.25) is 0 Å². The van der Waals surface area contributed by atoms with Crippen LogP contribution in [-0.4, -0.2) is 48.3 Å². The molecular formula is C13H22N2O3. The SMILES string of the molecule is CCC(C)(C#N)C(=O)N1CCC(OCCO)CC1. The molecule has 0 spiro atoms. The number of aliphatic hydroxyl groups excluding tert-OH is 1. The highest BCUT2D eigenvalue weighted by Gasteiger charge is 2.36. The summed E-state index contributed by atoms with van der Waals surface area (Å²) in [5, 5.41) is 17.8. The third-order valence-electron chi connectivity index (χ3n) is 3.60. The lowest BCUT2D eigenvalue weighted by Gasteiger charge is -2.35. The van der Waals surface area contributed by atoms with Gasteiger partial charge in [0.15, 0.2) is 0 Å². The average Bonchev–Trinajstić information content (AvgIpc) is 2.44. The summed E-state index contributed by atoms with van der Waals surface area (Å²) in [4.78, 5) is 14.0. The van der Waals surface area contributed by atoms with Gasteiger partial charge in [-0.2, -0.15) is 5.26 Å². The number of ether oxygens (including phenoxy) is 1. The molecule has 5 nitrogen and oxygen atoms in total. The number of carbonyl (C=O) groups excluding carboxylic acids is 1. The molecule has 102 valence electrons. The number of nitriles is 1. The highest BCUT2D eigenvalue weighted by Crippen LogP contribution is 2.25. The van der Waals surface area contributed by atoms with E-state index in [9.17, 15) is 4.79 Å². The van der Waals surface area contributed by atoms with Crippen molar-refractivity contribution in [3.63, 3.8) is 0 Å². The van der Waals surface area contributed by atoms with Gasteiger partial charge in [0, 0.05) is 13.1 Å². The van der Waals surface area contributed by atoms with Crippen LogP contribution in [0.4, 0.5) is 0 Å². The fourth-order valence-corrected chi connectivity index (χ4v) is 2.07. The van der Waals surface area contributed by atoms with E-state index in [1.165, 1.54) is 0 Å². The number of hydrogen-bond donors (Lipinski definition) is 1. The number of nitrogens with zero attached hydrogens (tertiary/aromatic N) is 2. The number of rotatable bonds is 5. The highest BCUT2D eigenvalue weighted by molar-refractivity contribution is 5.85. The number of carbonyl (C=O) groups is 1. The topological polar surface area (TPSA) is 73.6 Å². The maximum atomic E-state index is 12.2. The van der Waals surface area contributed by atoms with Crippen LogP contribution in [-0.2, 0) is 9.53 Å². The van der Waals surface area contributed by atoms with E-state index in [1.807, 2.05) is 6.92 Å². The summed E-state index contributed by atoms with van der Waals surface area (Å²) in [6, 6.07) is 2.12. The van der Waals surface area contributed by atoms with Crippen molar-refractivity contribution < 1.29 is 14.6 Å². The van der Waals surface area contributed by atoms with Crippen LogP contribution in [0, 0.1) is 16.7 Å². The van der Waals surface area contributed by atoms with Crippen molar-refractivity contribution >= 4 is 5.91 Å². The van der Waals surface area contributed by atoms with E-state index in [4.69, 9.17) is 15.1 Å². The van der Waals surface area contributed by atoms with Gasteiger partial charge in [-0.25, -0.2) is 0 Å². The van der Waals surface area contributed by atoms with Crippen molar-refractivity contribution in [2.75, 3.05) is 26.3 Å². The lowest BCUT2D eigenvalue weighted by molar-refractivity contribution is -0.141. The molecule has 1 heterocycles. The summed E-state index contributed by atoms with van der Waals surface area (Å²) in [5.41, 5.74) is -0.904. The van der Waals surface area contributed by atoms with Gasteiger partial charge in [-0.15, -0.1) is 0 Å². The minimum Gasteiger partial charge on any atom is -0.394 e. The van der Waals surface area contributed by atoms with Gasteiger partial charge >= 0.3 is 0 Å². The molecule has 1 aliphatic rings. The zero-order valence-corrected chi connectivity index (χ0v) is 11.2. The van der Waals surface area contributed by atoms with Crippen molar-refractivity contribution in [2.45, 2.75) is 39.2 Å². The van der Waals surface area contributed by atoms with E-state index in [-0.39, 0.29) is 18.6 Å². The van der Waals surface area contributed by atoms with Crippen LogP contribution < -0.4 is 0 Å². The van der Waals surface area contributed by atoms with Crippen LogP contribution in [0.25, 0.3) is 0 Å². The Labute approximate surface area is 108 Å². The zero-order chi connectivity index (χ0) is 13.6. The van der Waals surface area contributed by atoms with E-state index in [1.54, 1.807) is 11.8 Å². The molecule has 1 aliphatic heterocycles. The zero-order valence-electron chi connectivity index (χ0n) is 11.2. The molecule has 18 heavy (non-hydrogen) atoms. The Bertz CT molecular complexity index is 319. The second kappa shape index (κ2) is 6.72. The number of likely N-dealkylation sites (tertiary alicyclic amines) is 1. The van der Waals surface area contributed by atoms with Crippen molar-refractivity contribution in [1.29, 1.82) is 5.26 Å². The Morgan fingerprint density at radius 1 is 1.56 bits per heavy atom. The smallest absolute Gasteiger partial charge is 0.242 e. The second-order valence-corrected chi connectivity index (χ2v) is 4.88. The van der Waals surface area contributed by atoms with Gasteiger partial charge in [-0.05, 0) is 26.2 Å². The average molecular weight is 254 g/mol. The molecule has 0 aromatic carbocycles. The summed E-state index contributed by atoms with van der Waals surface area (Å²) in [7, 11) is 0. The van der Waals surface area contributed by atoms with Gasteiger partial charge in [0.25, 0.3) is 0 Å². The fourth-order valence-electron chi connectivity index (χ4n) is 2.07. The van der Waals surface area contributed by atoms with Crippen LogP contribution in [0.3, 0.4) is 0 Å². The maximum absolute atomic E-state index is 12.2. The van der Waals surface area contributed by atoms with E-state index >= 15 is 0 Å². The maximum Gasteiger partial charge on any atom is 0.242 e. The van der Waals surface area contributed by atoms with E-state index in [0.29, 0.717) is 26.1 Å². The molecular weight excluding hydrogens is 232 g/mol. The molecule has 1 N–H and O–H groups in total. The first-order valence-corrected chi connectivity index (χ1v) is 6.50. The molecule has 0 aliphatic carbocycles. The minimum absolute atomic E-state index is 0.0292. The second-order valence-electron chi connectivity index (χ2n) is 4.88. The third-order valence-corrected chi connectivity index (χ3v) is 3.60. The molecule has 0 radical (unpaired) electrons. The van der Waals surface area contributed by atoms with E-state index in [0.717, 1.165) is 12.8 Å². The van der Waals surface area contributed by atoms with Crippen LogP contribution in [0.5, 0.6) is 0 Å². The third kappa shape index (κ3) is 3.44. The normalized spacial score (nSPS) is 20.2. The van der Waals surface area contributed by atoms with E-state index < -0.39 is 5.41 Å². The first-order chi connectivity index (χ1) is 8.57. The van der Waals surface area contributed by atoms with Crippen LogP contribution in [0.1, 0.15) is 33.1 Å². The van der Waals surface area contributed by atoms with Gasteiger partial charge < -0.3 is 14.7 Å². The summed E-state index contributed by atoms with van der Waals surface area (Å²) in [5.74, 6) is -0.0758. The van der Waals surface area contributed by atoms with Gasteiger partial charge in [-0.1, -0.05) is 6.92 Å². The first kappa shape index (κ1) is 14.9. The summed E-state index contributed by atoms with van der Waals surface area (Å²) in [6.07, 6.45) is 2.20. The summed E-state index contributed by atoms with van der Waals surface area (Å²) in [6.45, 7) is 5.20. The van der Waals surface area contributed by atoms with Gasteiger partial charge in [0.2, 0.25) is 5.91 Å². The van der Waals surface area contributed by atoms with Crippen molar-refractivity contribution in [1.82, 2.24) is 4.90 Å². The molecule has 1 atom stereocenters. The van der Waals surface area contributed by atoms with Crippen molar-refractivity contribution in [3.05, 3.63) is 0 Å². The Morgan fingerprint density at radius 3 is 2.61 bits per heavy atom. The Kier molecular flexibility index (Phi) is 5.57. The largest absolute Gasteiger partial charge is 0.394 e. The lowest BCUT2D eigenvalue weighted by Crippen LogP contribution is -2.47. The summed E-state index contributed by atoms with van der Waals surface area (Å²) < 4.78 is 5.45. The molecule has 1 amide bonds. The number of amides is 1. The van der Waals surface area contributed by atoms with E-state index in [2.05, 4.69) is 6.07 Å². The van der Waals surface area contributed by atoms with Crippen molar-refractivity contribution in [3.8, 4) is 6.07 Å². The standard InChI is InChI=1S/C13H22N2O3/c1-3-13(2,10-14)12(17)15-6-4-11(5-7-15)18-9-8-16/h11,16H,3-9H2,1-2H3. The molecule has 1 rings (SSSR count). The fraction of sp³-hybridized carbons (Fsp3) is 0.846. The Balaban J connectivity index is 2.48. The quantitative estimate of drug-likeness (QED) is 0.792. The van der Waals surface area contributed by atoms with Crippen LogP contribution >= 0.6 is 0 Å². The predicted octanol–water partition coefficient (Wildman–Crippen LogP) is 0.926. The van der Waals surface area contributed by atoms with Crippen molar-refractivity contribution in [2.24, 2.45) is 5.41 Å². The van der Waals surface area contributed by atoms with Crippen LogP contribution in [0.15, 0.2) is 0 Å². The lowest BCUT2D eigenvalue weighted by atomic mass is 9.87.